The van der Waals surface area contributed by atoms with Crippen molar-refractivity contribution in [3.63, 3.8) is 0 Å². The summed E-state index contributed by atoms with van der Waals surface area (Å²) in [6.45, 7) is 8.70. The first-order valence-electron chi connectivity index (χ1n) is 8.09. The van der Waals surface area contributed by atoms with Gasteiger partial charge in [0.1, 0.15) is 5.75 Å². The van der Waals surface area contributed by atoms with E-state index in [9.17, 15) is 0 Å². The van der Waals surface area contributed by atoms with Crippen LogP contribution in [0.15, 0.2) is 24.3 Å². The van der Waals surface area contributed by atoms with E-state index in [1.54, 1.807) is 0 Å². The molecular weight excluding hydrogens is 246 g/mol. The molecule has 20 heavy (non-hydrogen) atoms. The Balaban J connectivity index is 1.89. The lowest BCUT2D eigenvalue weighted by Crippen LogP contribution is -2.34. The third-order valence-corrected chi connectivity index (χ3v) is 4.37. The van der Waals surface area contributed by atoms with E-state index in [0.717, 1.165) is 11.7 Å². The molecule has 112 valence electrons. The van der Waals surface area contributed by atoms with Crippen molar-refractivity contribution >= 4 is 0 Å². The fourth-order valence-corrected chi connectivity index (χ4v) is 3.19. The Labute approximate surface area is 123 Å². The van der Waals surface area contributed by atoms with E-state index in [1.165, 1.54) is 31.2 Å². The van der Waals surface area contributed by atoms with Crippen LogP contribution in [0.1, 0.15) is 65.0 Å². The molecule has 1 aliphatic rings. The van der Waals surface area contributed by atoms with Crippen LogP contribution in [-0.2, 0) is 0 Å². The molecule has 0 aromatic heterocycles. The highest BCUT2D eigenvalue weighted by molar-refractivity contribution is 5.29. The van der Waals surface area contributed by atoms with Crippen LogP contribution in [0, 0.1) is 5.92 Å². The third-order valence-electron chi connectivity index (χ3n) is 4.37. The molecule has 0 saturated heterocycles. The fourth-order valence-electron chi connectivity index (χ4n) is 3.19. The Morgan fingerprint density at radius 1 is 1.00 bits per heavy atom. The van der Waals surface area contributed by atoms with Gasteiger partial charge in [0.25, 0.3) is 0 Å². The molecule has 0 aliphatic heterocycles. The molecule has 0 spiro atoms. The predicted molar refractivity (Wildman–Crippen MR) is 85.2 cm³/mol. The molecule has 0 bridgehead atoms. The Hall–Kier alpha value is -1.02. The van der Waals surface area contributed by atoms with Crippen molar-refractivity contribution in [1.29, 1.82) is 0 Å². The van der Waals surface area contributed by atoms with E-state index in [-0.39, 0.29) is 6.10 Å². The zero-order valence-corrected chi connectivity index (χ0v) is 13.4. The lowest BCUT2D eigenvalue weighted by atomic mass is 9.98. The SMILES string of the molecule is CC(C)Oc1ccc(C(C)N[C@H](C)C2CCCC2)cc1. The molecule has 1 unspecified atom stereocenters. The van der Waals surface area contributed by atoms with E-state index < -0.39 is 0 Å². The summed E-state index contributed by atoms with van der Waals surface area (Å²) in [6, 6.07) is 9.52. The second kappa shape index (κ2) is 7.12. The highest BCUT2D eigenvalue weighted by Gasteiger charge is 2.22. The molecule has 1 fully saturated rings. The van der Waals surface area contributed by atoms with Gasteiger partial charge in [-0.25, -0.2) is 0 Å². The van der Waals surface area contributed by atoms with Gasteiger partial charge in [0.05, 0.1) is 6.10 Å². The molecule has 2 nitrogen and oxygen atoms in total. The van der Waals surface area contributed by atoms with E-state index in [0.29, 0.717) is 12.1 Å². The smallest absolute Gasteiger partial charge is 0.119 e. The van der Waals surface area contributed by atoms with E-state index in [4.69, 9.17) is 4.74 Å². The number of hydrogen-bond donors (Lipinski definition) is 1. The van der Waals surface area contributed by atoms with Gasteiger partial charge in [-0.15, -0.1) is 0 Å². The molecule has 1 aromatic carbocycles. The predicted octanol–water partition coefficient (Wildman–Crippen LogP) is 4.70. The van der Waals surface area contributed by atoms with Crippen LogP contribution < -0.4 is 10.1 Å². The molecule has 1 aliphatic carbocycles. The molecule has 1 aromatic rings. The van der Waals surface area contributed by atoms with Gasteiger partial charge in [-0.3, -0.25) is 0 Å². The van der Waals surface area contributed by atoms with Gasteiger partial charge in [-0.05, 0) is 64.2 Å². The number of benzene rings is 1. The monoisotopic (exact) mass is 275 g/mol. The lowest BCUT2D eigenvalue weighted by molar-refractivity contribution is 0.242. The molecule has 0 heterocycles. The summed E-state index contributed by atoms with van der Waals surface area (Å²) >= 11 is 0. The molecule has 1 N–H and O–H groups in total. The number of rotatable bonds is 6. The van der Waals surface area contributed by atoms with Crippen molar-refractivity contribution in [3.8, 4) is 5.75 Å². The Kier molecular flexibility index (Phi) is 5.47. The van der Waals surface area contributed by atoms with Crippen LogP contribution in [0.4, 0.5) is 0 Å². The van der Waals surface area contributed by atoms with E-state index >= 15 is 0 Å². The van der Waals surface area contributed by atoms with Gasteiger partial charge in [0, 0.05) is 12.1 Å². The third kappa shape index (κ3) is 4.24. The summed E-state index contributed by atoms with van der Waals surface area (Å²) in [5.41, 5.74) is 1.34. The Morgan fingerprint density at radius 3 is 2.15 bits per heavy atom. The summed E-state index contributed by atoms with van der Waals surface area (Å²) in [5, 5.41) is 3.76. The van der Waals surface area contributed by atoms with Crippen molar-refractivity contribution in [3.05, 3.63) is 29.8 Å². The first kappa shape index (κ1) is 15.4. The highest BCUT2D eigenvalue weighted by atomic mass is 16.5. The van der Waals surface area contributed by atoms with Crippen molar-refractivity contribution in [2.24, 2.45) is 5.92 Å². The van der Waals surface area contributed by atoms with Crippen LogP contribution in [0.25, 0.3) is 0 Å². The van der Waals surface area contributed by atoms with E-state index in [1.807, 2.05) is 0 Å². The topological polar surface area (TPSA) is 21.3 Å². The minimum atomic E-state index is 0.235. The summed E-state index contributed by atoms with van der Waals surface area (Å²) < 4.78 is 5.69. The zero-order chi connectivity index (χ0) is 14.5. The van der Waals surface area contributed by atoms with Crippen molar-refractivity contribution in [2.75, 3.05) is 0 Å². The number of nitrogens with one attached hydrogen (secondary N) is 1. The maximum absolute atomic E-state index is 5.69. The van der Waals surface area contributed by atoms with Gasteiger partial charge in [0.2, 0.25) is 0 Å². The molecule has 2 atom stereocenters. The minimum Gasteiger partial charge on any atom is -0.491 e. The standard InChI is InChI=1S/C18H29NO/c1-13(2)20-18-11-9-17(10-12-18)15(4)19-14(3)16-7-5-6-8-16/h9-16,19H,5-8H2,1-4H3/t14-,15?/m1/s1. The second-order valence-electron chi connectivity index (χ2n) is 6.46. The van der Waals surface area contributed by atoms with Crippen molar-refractivity contribution < 1.29 is 4.74 Å². The summed E-state index contributed by atoms with van der Waals surface area (Å²) in [4.78, 5) is 0. The van der Waals surface area contributed by atoms with Gasteiger partial charge >= 0.3 is 0 Å². The van der Waals surface area contributed by atoms with Gasteiger partial charge in [0.15, 0.2) is 0 Å². The van der Waals surface area contributed by atoms with Gasteiger partial charge in [-0.2, -0.15) is 0 Å². The van der Waals surface area contributed by atoms with Gasteiger partial charge in [-0.1, -0.05) is 25.0 Å². The summed E-state index contributed by atoms with van der Waals surface area (Å²) in [6.07, 6.45) is 5.83. The minimum absolute atomic E-state index is 0.235. The van der Waals surface area contributed by atoms with Crippen molar-refractivity contribution in [1.82, 2.24) is 5.32 Å². The number of ether oxygens (including phenoxy) is 1. The molecular formula is C18H29NO. The normalized spacial score (nSPS) is 19.2. The quantitative estimate of drug-likeness (QED) is 0.812. The average molecular weight is 275 g/mol. The van der Waals surface area contributed by atoms with Crippen LogP contribution in [0.2, 0.25) is 0 Å². The zero-order valence-electron chi connectivity index (χ0n) is 13.4. The van der Waals surface area contributed by atoms with Crippen LogP contribution in [-0.4, -0.2) is 12.1 Å². The second-order valence-corrected chi connectivity index (χ2v) is 6.46. The molecule has 0 amide bonds. The lowest BCUT2D eigenvalue weighted by Gasteiger charge is -2.25. The van der Waals surface area contributed by atoms with E-state index in [2.05, 4.69) is 57.3 Å². The highest BCUT2D eigenvalue weighted by Crippen LogP contribution is 2.29. The van der Waals surface area contributed by atoms with Crippen LogP contribution in [0.5, 0.6) is 5.75 Å². The summed E-state index contributed by atoms with van der Waals surface area (Å²) in [7, 11) is 0. The summed E-state index contributed by atoms with van der Waals surface area (Å²) in [5.74, 6) is 1.82. The molecule has 2 heteroatoms. The Morgan fingerprint density at radius 2 is 1.60 bits per heavy atom. The number of hydrogen-bond acceptors (Lipinski definition) is 2. The van der Waals surface area contributed by atoms with Crippen LogP contribution in [0.3, 0.4) is 0 Å². The fraction of sp³-hybridized carbons (Fsp3) is 0.667. The molecule has 0 radical (unpaired) electrons. The van der Waals surface area contributed by atoms with Gasteiger partial charge < -0.3 is 10.1 Å². The largest absolute Gasteiger partial charge is 0.491 e. The average Bonchev–Trinajstić information content (AvgIpc) is 2.92. The maximum atomic E-state index is 5.69. The first-order chi connectivity index (χ1) is 9.56. The van der Waals surface area contributed by atoms with Crippen LogP contribution >= 0.6 is 0 Å². The van der Waals surface area contributed by atoms with Crippen molar-refractivity contribution in [2.45, 2.75) is 71.6 Å². The molecule has 2 rings (SSSR count). The Bertz CT molecular complexity index is 392. The molecule has 1 saturated carbocycles. The maximum Gasteiger partial charge on any atom is 0.119 e. The first-order valence-corrected chi connectivity index (χ1v) is 8.09.